The zero-order chi connectivity index (χ0) is 14.7. The normalized spacial score (nSPS) is 38.0. The molecule has 3 rings (SSSR count). The van der Waals surface area contributed by atoms with Crippen LogP contribution in [0.3, 0.4) is 0 Å². The second-order valence-electron chi connectivity index (χ2n) is 7.53. The van der Waals surface area contributed by atoms with Gasteiger partial charge in [-0.3, -0.25) is 4.90 Å². The number of fused-ring (bicyclic) bond motifs is 2. The molecule has 1 heterocycles. The number of hydrogen-bond acceptors (Lipinski definition) is 3. The van der Waals surface area contributed by atoms with Gasteiger partial charge in [-0.15, -0.1) is 0 Å². The first kappa shape index (κ1) is 15.8. The average molecular weight is 294 g/mol. The smallest absolute Gasteiger partial charge is 0.0855 e. The summed E-state index contributed by atoms with van der Waals surface area (Å²) in [6.45, 7) is 9.99. The van der Waals surface area contributed by atoms with Crippen LogP contribution in [0.25, 0.3) is 0 Å². The summed E-state index contributed by atoms with van der Waals surface area (Å²) >= 11 is 0. The lowest BCUT2D eigenvalue weighted by Gasteiger charge is -2.38. The van der Waals surface area contributed by atoms with Crippen LogP contribution in [0.15, 0.2) is 0 Å². The van der Waals surface area contributed by atoms with Gasteiger partial charge in [-0.25, -0.2) is 0 Å². The molecule has 2 saturated carbocycles. The quantitative estimate of drug-likeness (QED) is 0.781. The summed E-state index contributed by atoms with van der Waals surface area (Å²) in [5.41, 5.74) is 0. The summed E-state index contributed by atoms with van der Waals surface area (Å²) < 4.78 is 6.16. The topological polar surface area (TPSA) is 24.5 Å². The lowest BCUT2D eigenvalue weighted by molar-refractivity contribution is -0.0496. The molecule has 3 fully saturated rings. The van der Waals surface area contributed by atoms with E-state index in [9.17, 15) is 0 Å². The molecule has 3 aliphatic rings. The minimum absolute atomic E-state index is 0.407. The molecule has 5 atom stereocenters. The molecule has 3 heteroatoms. The lowest BCUT2D eigenvalue weighted by atomic mass is 9.83. The second-order valence-corrected chi connectivity index (χ2v) is 7.53. The molecule has 0 spiro atoms. The molecular weight excluding hydrogens is 260 g/mol. The van der Waals surface area contributed by atoms with E-state index in [1.807, 2.05) is 0 Å². The van der Waals surface area contributed by atoms with Crippen molar-refractivity contribution < 1.29 is 4.74 Å². The first-order valence-corrected chi connectivity index (χ1v) is 9.37. The number of hydrogen-bond donors (Lipinski definition) is 1. The molecule has 3 nitrogen and oxygen atoms in total. The molecule has 2 aliphatic carbocycles. The number of morpholine rings is 1. The van der Waals surface area contributed by atoms with Crippen molar-refractivity contribution in [2.45, 2.75) is 64.5 Å². The molecule has 0 amide bonds. The van der Waals surface area contributed by atoms with Crippen LogP contribution >= 0.6 is 0 Å². The first-order valence-electron chi connectivity index (χ1n) is 9.37. The highest BCUT2D eigenvalue weighted by Crippen LogP contribution is 2.50. The van der Waals surface area contributed by atoms with Crippen molar-refractivity contribution in [3.05, 3.63) is 0 Å². The fourth-order valence-corrected chi connectivity index (χ4v) is 4.95. The number of nitrogens with one attached hydrogen (secondary N) is 1. The Hall–Kier alpha value is -0.120. The van der Waals surface area contributed by atoms with E-state index in [2.05, 4.69) is 24.1 Å². The minimum Gasteiger partial charge on any atom is -0.374 e. The summed E-state index contributed by atoms with van der Waals surface area (Å²) in [7, 11) is 0. The number of nitrogens with zero attached hydrogens (tertiary/aromatic N) is 1. The predicted molar refractivity (Wildman–Crippen MR) is 87.5 cm³/mol. The zero-order valence-corrected chi connectivity index (χ0v) is 14.0. The third-order valence-corrected chi connectivity index (χ3v) is 6.17. The molecule has 1 saturated heterocycles. The van der Waals surface area contributed by atoms with Gasteiger partial charge in [0.2, 0.25) is 0 Å². The summed E-state index contributed by atoms with van der Waals surface area (Å²) in [6.07, 6.45) is 9.02. The van der Waals surface area contributed by atoms with E-state index in [0.717, 1.165) is 50.5 Å². The van der Waals surface area contributed by atoms with Crippen molar-refractivity contribution in [2.24, 2.45) is 17.8 Å². The van der Waals surface area contributed by atoms with Crippen LogP contribution in [0.4, 0.5) is 0 Å². The van der Waals surface area contributed by atoms with Crippen molar-refractivity contribution in [1.82, 2.24) is 10.2 Å². The van der Waals surface area contributed by atoms with Gasteiger partial charge in [-0.05, 0) is 62.9 Å². The highest BCUT2D eigenvalue weighted by Gasteiger charge is 2.41. The molecule has 0 radical (unpaired) electrons. The Balaban J connectivity index is 1.57. The van der Waals surface area contributed by atoms with Gasteiger partial charge in [0, 0.05) is 19.1 Å². The third kappa shape index (κ3) is 3.80. The fourth-order valence-electron chi connectivity index (χ4n) is 4.95. The van der Waals surface area contributed by atoms with E-state index in [1.54, 1.807) is 0 Å². The van der Waals surface area contributed by atoms with E-state index in [4.69, 9.17) is 4.74 Å². The van der Waals surface area contributed by atoms with Gasteiger partial charge in [-0.1, -0.05) is 20.3 Å². The number of likely N-dealkylation sites (N-methyl/N-ethyl adjacent to an activating group) is 1. The molecule has 0 aromatic rings. The molecular formula is C18H34N2O. The van der Waals surface area contributed by atoms with Gasteiger partial charge in [0.05, 0.1) is 12.7 Å². The largest absolute Gasteiger partial charge is 0.374 e. The van der Waals surface area contributed by atoms with Crippen LogP contribution in [0, 0.1) is 17.8 Å². The Kier molecular flexibility index (Phi) is 5.58. The van der Waals surface area contributed by atoms with E-state index < -0.39 is 0 Å². The Morgan fingerprint density at radius 3 is 2.81 bits per heavy atom. The van der Waals surface area contributed by atoms with Crippen LogP contribution in [0.2, 0.25) is 0 Å². The monoisotopic (exact) mass is 294 g/mol. The van der Waals surface area contributed by atoms with Gasteiger partial charge in [0.15, 0.2) is 0 Å². The average Bonchev–Trinajstić information content (AvgIpc) is 3.14. The van der Waals surface area contributed by atoms with Crippen molar-refractivity contribution in [2.75, 3.05) is 32.8 Å². The fraction of sp³-hybridized carbons (Fsp3) is 1.00. The molecule has 2 bridgehead atoms. The van der Waals surface area contributed by atoms with E-state index >= 15 is 0 Å². The number of ether oxygens (including phenoxy) is 1. The van der Waals surface area contributed by atoms with Crippen LogP contribution < -0.4 is 5.32 Å². The van der Waals surface area contributed by atoms with Crippen molar-refractivity contribution >= 4 is 0 Å². The Bertz CT molecular complexity index is 322. The van der Waals surface area contributed by atoms with Gasteiger partial charge >= 0.3 is 0 Å². The van der Waals surface area contributed by atoms with Crippen molar-refractivity contribution in [1.29, 1.82) is 0 Å². The number of rotatable bonds is 7. The van der Waals surface area contributed by atoms with E-state index in [-0.39, 0.29) is 0 Å². The highest BCUT2D eigenvalue weighted by molar-refractivity contribution is 4.94. The highest BCUT2D eigenvalue weighted by atomic mass is 16.5. The van der Waals surface area contributed by atoms with Crippen LogP contribution in [0.1, 0.15) is 52.4 Å². The van der Waals surface area contributed by atoms with Crippen LogP contribution in [0.5, 0.6) is 0 Å². The molecule has 1 N–H and O–H groups in total. The SMILES string of the molecule is CCCNC(CC1CC2CCC1C2)C1CN(CC)CCO1. The minimum atomic E-state index is 0.407. The zero-order valence-electron chi connectivity index (χ0n) is 14.0. The Labute approximate surface area is 130 Å². The molecule has 0 aromatic carbocycles. The third-order valence-electron chi connectivity index (χ3n) is 6.17. The van der Waals surface area contributed by atoms with Crippen molar-refractivity contribution in [3.63, 3.8) is 0 Å². The summed E-state index contributed by atoms with van der Waals surface area (Å²) in [4.78, 5) is 2.55. The lowest BCUT2D eigenvalue weighted by Crippen LogP contribution is -2.53. The summed E-state index contributed by atoms with van der Waals surface area (Å²) in [6, 6.07) is 0.573. The molecule has 5 unspecified atom stereocenters. The first-order chi connectivity index (χ1) is 10.3. The van der Waals surface area contributed by atoms with Crippen LogP contribution in [-0.2, 0) is 4.74 Å². The summed E-state index contributed by atoms with van der Waals surface area (Å²) in [5.74, 6) is 3.07. The molecule has 1 aliphatic heterocycles. The molecule has 21 heavy (non-hydrogen) atoms. The molecule has 122 valence electrons. The van der Waals surface area contributed by atoms with Crippen molar-refractivity contribution in [3.8, 4) is 0 Å². The molecule has 0 aromatic heterocycles. The van der Waals surface area contributed by atoms with Crippen LogP contribution in [-0.4, -0.2) is 49.8 Å². The Morgan fingerprint density at radius 2 is 2.14 bits per heavy atom. The summed E-state index contributed by atoms with van der Waals surface area (Å²) in [5, 5.41) is 3.82. The maximum absolute atomic E-state index is 6.16. The van der Waals surface area contributed by atoms with Gasteiger partial charge in [0.25, 0.3) is 0 Å². The standard InChI is InChI=1S/C18H34N2O/c1-3-7-19-17(18-13-20(4-2)8-9-21-18)12-16-11-14-5-6-15(16)10-14/h14-19H,3-13H2,1-2H3. The van der Waals surface area contributed by atoms with Gasteiger partial charge in [0.1, 0.15) is 0 Å². The maximum Gasteiger partial charge on any atom is 0.0855 e. The van der Waals surface area contributed by atoms with Gasteiger partial charge < -0.3 is 10.1 Å². The second kappa shape index (κ2) is 7.43. The van der Waals surface area contributed by atoms with E-state index in [1.165, 1.54) is 38.5 Å². The Morgan fingerprint density at radius 1 is 1.24 bits per heavy atom. The maximum atomic E-state index is 6.16. The van der Waals surface area contributed by atoms with Gasteiger partial charge in [-0.2, -0.15) is 0 Å². The van der Waals surface area contributed by atoms with E-state index in [0.29, 0.717) is 12.1 Å². The predicted octanol–water partition coefficient (Wildman–Crippen LogP) is 2.90.